The summed E-state index contributed by atoms with van der Waals surface area (Å²) in [6.45, 7) is 3.41. The lowest BCUT2D eigenvalue weighted by Gasteiger charge is -2.21. The van der Waals surface area contributed by atoms with Crippen LogP contribution in [0.4, 0.5) is 0 Å². The highest BCUT2D eigenvalue weighted by molar-refractivity contribution is 6.16. The second-order valence-corrected chi connectivity index (χ2v) is 7.90. The van der Waals surface area contributed by atoms with Gasteiger partial charge in [-0.25, -0.2) is 4.79 Å². The molecular formula is C26H27NO5. The second-order valence-electron chi connectivity index (χ2n) is 7.90. The van der Waals surface area contributed by atoms with Crippen LogP contribution < -0.4 is 4.74 Å². The van der Waals surface area contributed by atoms with Crippen molar-refractivity contribution in [3.63, 3.8) is 0 Å². The number of carbonyl (C=O) groups excluding carboxylic acids is 2. The van der Waals surface area contributed by atoms with Gasteiger partial charge in [-0.05, 0) is 49.1 Å². The fourth-order valence-corrected chi connectivity index (χ4v) is 4.01. The first-order valence-electron chi connectivity index (χ1n) is 10.8. The highest BCUT2D eigenvalue weighted by Gasteiger charge is 2.38. The van der Waals surface area contributed by atoms with E-state index in [1.807, 2.05) is 54.6 Å². The van der Waals surface area contributed by atoms with Crippen LogP contribution in [0.5, 0.6) is 5.75 Å². The van der Waals surface area contributed by atoms with E-state index in [0.29, 0.717) is 36.6 Å². The number of ether oxygens (including phenoxy) is 3. The van der Waals surface area contributed by atoms with Gasteiger partial charge in [0.25, 0.3) is 5.91 Å². The summed E-state index contributed by atoms with van der Waals surface area (Å²) in [5, 5.41) is 0. The molecule has 2 aromatic carbocycles. The Morgan fingerprint density at radius 3 is 2.56 bits per heavy atom. The van der Waals surface area contributed by atoms with E-state index in [9.17, 15) is 9.59 Å². The molecule has 1 amide bonds. The lowest BCUT2D eigenvalue weighted by atomic mass is 10.0. The van der Waals surface area contributed by atoms with Crippen molar-refractivity contribution in [1.29, 1.82) is 0 Å². The SMILES string of the molecule is COC(=O)C1=C(C)N(C[C@@H]2CCCO2)C(=O)/C1=C\c1ccc(OCc2ccccc2)cc1. The zero-order chi connectivity index (χ0) is 22.5. The number of methoxy groups -OCH3 is 1. The van der Waals surface area contributed by atoms with E-state index in [1.54, 1.807) is 17.9 Å². The maximum atomic E-state index is 13.2. The van der Waals surface area contributed by atoms with E-state index in [2.05, 4.69) is 0 Å². The zero-order valence-corrected chi connectivity index (χ0v) is 18.4. The minimum absolute atomic E-state index is 0.00630. The predicted molar refractivity (Wildman–Crippen MR) is 121 cm³/mol. The van der Waals surface area contributed by atoms with Gasteiger partial charge >= 0.3 is 5.97 Å². The van der Waals surface area contributed by atoms with Crippen molar-refractivity contribution in [2.45, 2.75) is 32.5 Å². The van der Waals surface area contributed by atoms with Gasteiger partial charge in [-0.1, -0.05) is 42.5 Å². The van der Waals surface area contributed by atoms with Gasteiger partial charge < -0.3 is 19.1 Å². The van der Waals surface area contributed by atoms with Gasteiger partial charge in [-0.3, -0.25) is 4.79 Å². The maximum absolute atomic E-state index is 13.2. The summed E-state index contributed by atoms with van der Waals surface area (Å²) in [7, 11) is 1.33. The highest BCUT2D eigenvalue weighted by Crippen LogP contribution is 2.33. The van der Waals surface area contributed by atoms with Crippen LogP contribution in [0.3, 0.4) is 0 Å². The monoisotopic (exact) mass is 433 g/mol. The molecule has 0 aliphatic carbocycles. The van der Waals surface area contributed by atoms with Crippen molar-refractivity contribution in [3.05, 3.63) is 82.6 Å². The van der Waals surface area contributed by atoms with Gasteiger partial charge in [0, 0.05) is 12.3 Å². The summed E-state index contributed by atoms with van der Waals surface area (Å²) in [6.07, 6.45) is 3.62. The molecule has 2 heterocycles. The molecule has 2 aliphatic rings. The normalized spacial score (nSPS) is 19.7. The third kappa shape index (κ3) is 4.75. The molecule has 6 heteroatoms. The van der Waals surface area contributed by atoms with Crippen LogP contribution in [0.15, 0.2) is 71.4 Å². The Kier molecular flexibility index (Phi) is 6.71. The molecule has 0 spiro atoms. The highest BCUT2D eigenvalue weighted by atomic mass is 16.5. The fourth-order valence-electron chi connectivity index (χ4n) is 4.01. The van der Waals surface area contributed by atoms with Gasteiger partial charge in [0.05, 0.1) is 30.9 Å². The number of rotatable bonds is 7. The Morgan fingerprint density at radius 2 is 1.91 bits per heavy atom. The van der Waals surface area contributed by atoms with Crippen LogP contribution in [-0.2, 0) is 25.7 Å². The van der Waals surface area contributed by atoms with Crippen molar-refractivity contribution in [2.75, 3.05) is 20.3 Å². The van der Waals surface area contributed by atoms with Gasteiger partial charge in [0.2, 0.25) is 0 Å². The van der Waals surface area contributed by atoms with E-state index >= 15 is 0 Å². The fraction of sp³-hybridized carbons (Fsp3) is 0.308. The number of hydrogen-bond acceptors (Lipinski definition) is 5. The van der Waals surface area contributed by atoms with Crippen molar-refractivity contribution in [2.24, 2.45) is 0 Å². The van der Waals surface area contributed by atoms with Crippen LogP contribution in [0.25, 0.3) is 6.08 Å². The average molecular weight is 434 g/mol. The molecule has 2 aliphatic heterocycles. The van der Waals surface area contributed by atoms with Gasteiger partial charge in [-0.2, -0.15) is 0 Å². The first kappa shape index (κ1) is 21.8. The van der Waals surface area contributed by atoms with Crippen molar-refractivity contribution in [3.8, 4) is 5.75 Å². The number of hydrogen-bond donors (Lipinski definition) is 0. The predicted octanol–water partition coefficient (Wildman–Crippen LogP) is 4.12. The summed E-state index contributed by atoms with van der Waals surface area (Å²) in [5.74, 6) is 0.0104. The maximum Gasteiger partial charge on any atom is 0.340 e. The lowest BCUT2D eigenvalue weighted by molar-refractivity contribution is -0.136. The molecule has 166 valence electrons. The first-order chi connectivity index (χ1) is 15.6. The Morgan fingerprint density at radius 1 is 1.16 bits per heavy atom. The number of carbonyl (C=O) groups is 2. The molecule has 2 aromatic rings. The summed E-state index contributed by atoms with van der Waals surface area (Å²) < 4.78 is 16.5. The van der Waals surface area contributed by atoms with Crippen molar-refractivity contribution in [1.82, 2.24) is 4.90 Å². The molecule has 0 saturated carbocycles. The molecule has 1 saturated heterocycles. The third-order valence-electron chi connectivity index (χ3n) is 5.75. The zero-order valence-electron chi connectivity index (χ0n) is 18.4. The van der Waals surface area contributed by atoms with Crippen LogP contribution in [0.2, 0.25) is 0 Å². The number of nitrogens with zero attached hydrogens (tertiary/aromatic N) is 1. The molecule has 6 nitrogen and oxygen atoms in total. The molecule has 4 rings (SSSR count). The van der Waals surface area contributed by atoms with Crippen LogP contribution >= 0.6 is 0 Å². The smallest absolute Gasteiger partial charge is 0.340 e. The Balaban J connectivity index is 1.52. The first-order valence-corrected chi connectivity index (χ1v) is 10.8. The second kappa shape index (κ2) is 9.83. The summed E-state index contributed by atoms with van der Waals surface area (Å²) >= 11 is 0. The molecule has 0 aromatic heterocycles. The number of esters is 1. The van der Waals surface area contributed by atoms with E-state index in [-0.39, 0.29) is 12.0 Å². The van der Waals surface area contributed by atoms with Crippen LogP contribution in [0, 0.1) is 0 Å². The van der Waals surface area contributed by atoms with Crippen molar-refractivity contribution >= 4 is 18.0 Å². The van der Waals surface area contributed by atoms with Crippen LogP contribution in [0.1, 0.15) is 30.9 Å². The number of benzene rings is 2. The quantitative estimate of drug-likeness (QED) is 0.486. The summed E-state index contributed by atoms with van der Waals surface area (Å²) in [4.78, 5) is 27.3. The lowest BCUT2D eigenvalue weighted by Crippen LogP contribution is -2.33. The molecule has 0 unspecified atom stereocenters. The van der Waals surface area contributed by atoms with E-state index in [0.717, 1.165) is 29.7 Å². The molecule has 0 bridgehead atoms. The number of allylic oxidation sites excluding steroid dienone is 1. The van der Waals surface area contributed by atoms with E-state index in [1.165, 1.54) is 7.11 Å². The largest absolute Gasteiger partial charge is 0.489 e. The minimum atomic E-state index is -0.514. The standard InChI is InChI=1S/C26H27NO5/c1-18-24(26(29)30-2)23(25(28)27(18)16-22-9-6-14-31-22)15-19-10-12-21(13-11-19)32-17-20-7-4-3-5-8-20/h3-5,7-8,10-13,15,22H,6,9,14,16-17H2,1-2H3/b23-15-/t22-/m0/s1. The van der Waals surface area contributed by atoms with E-state index in [4.69, 9.17) is 14.2 Å². The molecule has 0 N–H and O–H groups in total. The molecule has 0 radical (unpaired) electrons. The third-order valence-corrected chi connectivity index (χ3v) is 5.75. The van der Waals surface area contributed by atoms with Crippen molar-refractivity contribution < 1.29 is 23.8 Å². The summed E-state index contributed by atoms with van der Waals surface area (Å²) in [5.41, 5.74) is 3.13. The minimum Gasteiger partial charge on any atom is -0.489 e. The molecule has 1 atom stereocenters. The molecule has 1 fully saturated rings. The average Bonchev–Trinajstić information content (AvgIpc) is 3.42. The Labute approximate surface area is 188 Å². The summed E-state index contributed by atoms with van der Waals surface area (Å²) in [6, 6.07) is 17.4. The topological polar surface area (TPSA) is 65.1 Å². The molecule has 32 heavy (non-hydrogen) atoms. The Hall–Kier alpha value is -3.38. The van der Waals surface area contributed by atoms with Gasteiger partial charge in [0.1, 0.15) is 12.4 Å². The Bertz CT molecular complexity index is 1030. The van der Waals surface area contributed by atoms with Gasteiger partial charge in [0.15, 0.2) is 0 Å². The van der Waals surface area contributed by atoms with E-state index < -0.39 is 5.97 Å². The van der Waals surface area contributed by atoms with Gasteiger partial charge in [-0.15, -0.1) is 0 Å². The van der Waals surface area contributed by atoms with Crippen LogP contribution in [-0.4, -0.2) is 43.1 Å². The number of amides is 1. The molecular weight excluding hydrogens is 406 g/mol.